The van der Waals surface area contributed by atoms with E-state index in [0.717, 1.165) is 49.5 Å². The van der Waals surface area contributed by atoms with Crippen LogP contribution in [0.1, 0.15) is 29.5 Å². The molecule has 0 unspecified atom stereocenters. The maximum Gasteiger partial charge on any atom is 0.227 e. The third-order valence-corrected chi connectivity index (χ3v) is 6.04. The molecule has 3 aromatic carbocycles. The Morgan fingerprint density at radius 3 is 2.48 bits per heavy atom. The van der Waals surface area contributed by atoms with E-state index >= 15 is 0 Å². The molecule has 2 aliphatic heterocycles. The fourth-order valence-electron chi connectivity index (χ4n) is 4.29. The van der Waals surface area contributed by atoms with Gasteiger partial charge in [0.15, 0.2) is 0 Å². The van der Waals surface area contributed by atoms with Crippen LogP contribution in [0.3, 0.4) is 0 Å². The molecule has 0 bridgehead atoms. The number of fused-ring (bicyclic) bond motifs is 1. The van der Waals surface area contributed by atoms with E-state index in [1.165, 1.54) is 21.9 Å². The first-order valence-electron chi connectivity index (χ1n) is 11.0. The van der Waals surface area contributed by atoms with Crippen LogP contribution in [0.4, 0.5) is 0 Å². The highest BCUT2D eigenvalue weighted by Crippen LogP contribution is 2.22. The third-order valence-electron chi connectivity index (χ3n) is 6.04. The highest BCUT2D eigenvalue weighted by atomic mass is 16.5. The standard InChI is InChI=1S/C27H26N2O2/c30-26(19-22-7-8-23-3-1-2-4-25(23)18-22)29-14-11-21(12-15-29)17-20-5-9-24(10-6-20)27-28-13-16-31-27/h1-10,17-18H,11-16,19H2. The van der Waals surface area contributed by atoms with Crippen LogP contribution in [-0.4, -0.2) is 42.9 Å². The quantitative estimate of drug-likeness (QED) is 0.616. The Morgan fingerprint density at radius 1 is 0.968 bits per heavy atom. The number of piperidine rings is 1. The minimum atomic E-state index is 0.219. The molecule has 0 atom stereocenters. The zero-order chi connectivity index (χ0) is 21.0. The molecule has 0 spiro atoms. The lowest BCUT2D eigenvalue weighted by atomic mass is 9.99. The van der Waals surface area contributed by atoms with Gasteiger partial charge >= 0.3 is 0 Å². The predicted molar refractivity (Wildman–Crippen MR) is 125 cm³/mol. The van der Waals surface area contributed by atoms with Gasteiger partial charge in [0.05, 0.1) is 13.0 Å². The second kappa shape index (κ2) is 8.76. The van der Waals surface area contributed by atoms with Crippen molar-refractivity contribution in [1.82, 2.24) is 4.90 Å². The number of nitrogens with zero attached hydrogens (tertiary/aromatic N) is 2. The molecule has 0 N–H and O–H groups in total. The van der Waals surface area contributed by atoms with Crippen molar-refractivity contribution >= 4 is 28.7 Å². The molecule has 4 nitrogen and oxygen atoms in total. The second-order valence-corrected chi connectivity index (χ2v) is 8.20. The van der Waals surface area contributed by atoms with Crippen molar-refractivity contribution in [1.29, 1.82) is 0 Å². The number of hydrogen-bond acceptors (Lipinski definition) is 3. The van der Waals surface area contributed by atoms with Crippen LogP contribution in [0.15, 0.2) is 77.3 Å². The molecule has 5 rings (SSSR count). The molecule has 1 fully saturated rings. The van der Waals surface area contributed by atoms with Crippen LogP contribution in [0, 0.1) is 0 Å². The van der Waals surface area contributed by atoms with Crippen LogP contribution < -0.4 is 0 Å². The van der Waals surface area contributed by atoms with Crippen molar-refractivity contribution in [3.8, 4) is 0 Å². The number of ether oxygens (including phenoxy) is 1. The number of benzene rings is 3. The molecule has 0 radical (unpaired) electrons. The highest BCUT2D eigenvalue weighted by Gasteiger charge is 2.19. The zero-order valence-corrected chi connectivity index (χ0v) is 17.6. The van der Waals surface area contributed by atoms with E-state index in [1.807, 2.05) is 17.0 Å². The number of hydrogen-bond donors (Lipinski definition) is 0. The topological polar surface area (TPSA) is 41.9 Å². The van der Waals surface area contributed by atoms with Gasteiger partial charge in [0.25, 0.3) is 0 Å². The second-order valence-electron chi connectivity index (χ2n) is 8.20. The molecule has 3 aromatic rings. The largest absolute Gasteiger partial charge is 0.476 e. The molecule has 2 aliphatic rings. The summed E-state index contributed by atoms with van der Waals surface area (Å²) >= 11 is 0. The van der Waals surface area contributed by atoms with Gasteiger partial charge in [-0.1, -0.05) is 66.2 Å². The molecule has 31 heavy (non-hydrogen) atoms. The first-order chi connectivity index (χ1) is 15.2. The molecular formula is C27H26N2O2. The molecule has 0 saturated carbocycles. The van der Waals surface area contributed by atoms with Crippen molar-refractivity contribution in [2.45, 2.75) is 19.3 Å². The summed E-state index contributed by atoms with van der Waals surface area (Å²) in [6.07, 6.45) is 4.59. The van der Waals surface area contributed by atoms with Gasteiger partial charge in [0.2, 0.25) is 11.8 Å². The Kier molecular flexibility index (Phi) is 5.53. The van der Waals surface area contributed by atoms with Crippen molar-refractivity contribution < 1.29 is 9.53 Å². The Morgan fingerprint density at radius 2 is 1.74 bits per heavy atom. The van der Waals surface area contributed by atoms with Crippen LogP contribution >= 0.6 is 0 Å². The smallest absolute Gasteiger partial charge is 0.227 e. The van der Waals surface area contributed by atoms with E-state index < -0.39 is 0 Å². The SMILES string of the molecule is O=C(Cc1ccc2ccccc2c1)N1CCC(=Cc2ccc(C3=NCCO3)cc2)CC1. The third kappa shape index (κ3) is 4.53. The Bertz CT molecular complexity index is 1150. The molecule has 1 saturated heterocycles. The average molecular weight is 411 g/mol. The lowest BCUT2D eigenvalue weighted by Crippen LogP contribution is -2.37. The van der Waals surface area contributed by atoms with Gasteiger partial charge < -0.3 is 9.64 Å². The van der Waals surface area contributed by atoms with E-state index in [-0.39, 0.29) is 5.91 Å². The van der Waals surface area contributed by atoms with Gasteiger partial charge in [-0.2, -0.15) is 0 Å². The number of amides is 1. The van der Waals surface area contributed by atoms with E-state index in [2.05, 4.69) is 65.7 Å². The number of carbonyl (C=O) groups excluding carboxylic acids is 1. The summed E-state index contributed by atoms with van der Waals surface area (Å²) in [5.41, 5.74) is 4.71. The first kappa shape index (κ1) is 19.6. The van der Waals surface area contributed by atoms with E-state index in [1.54, 1.807) is 0 Å². The van der Waals surface area contributed by atoms with Gasteiger partial charge in [-0.15, -0.1) is 0 Å². The first-order valence-corrected chi connectivity index (χ1v) is 11.0. The molecule has 2 heterocycles. The number of rotatable bonds is 4. The molecule has 4 heteroatoms. The van der Waals surface area contributed by atoms with E-state index in [0.29, 0.717) is 13.0 Å². The number of aliphatic imine (C=N–C) groups is 1. The molecule has 0 aromatic heterocycles. The van der Waals surface area contributed by atoms with E-state index in [4.69, 9.17) is 4.74 Å². The number of likely N-dealkylation sites (tertiary alicyclic amines) is 1. The summed E-state index contributed by atoms with van der Waals surface area (Å²) in [5.74, 6) is 0.966. The zero-order valence-electron chi connectivity index (χ0n) is 17.6. The molecule has 156 valence electrons. The van der Waals surface area contributed by atoms with Crippen LogP contribution in [0.5, 0.6) is 0 Å². The Labute approximate surface area is 182 Å². The van der Waals surface area contributed by atoms with Gasteiger partial charge in [-0.05, 0) is 46.9 Å². The van der Waals surface area contributed by atoms with Gasteiger partial charge in [-0.25, -0.2) is 4.99 Å². The summed E-state index contributed by atoms with van der Waals surface area (Å²) in [5, 5.41) is 2.40. The van der Waals surface area contributed by atoms with Crippen LogP contribution in [0.2, 0.25) is 0 Å². The van der Waals surface area contributed by atoms with E-state index in [9.17, 15) is 4.79 Å². The van der Waals surface area contributed by atoms with Gasteiger partial charge in [-0.3, -0.25) is 4.79 Å². The molecule has 0 aliphatic carbocycles. The minimum Gasteiger partial charge on any atom is -0.476 e. The maximum absolute atomic E-state index is 12.8. The Balaban J connectivity index is 1.18. The van der Waals surface area contributed by atoms with Crippen LogP contribution in [-0.2, 0) is 16.0 Å². The average Bonchev–Trinajstić information content (AvgIpc) is 3.35. The molecular weight excluding hydrogens is 384 g/mol. The van der Waals surface area contributed by atoms with Crippen molar-refractivity contribution in [3.05, 3.63) is 89.0 Å². The Hall–Kier alpha value is -3.40. The predicted octanol–water partition coefficient (Wildman–Crippen LogP) is 4.87. The normalized spacial score (nSPS) is 16.2. The summed E-state index contributed by atoms with van der Waals surface area (Å²) in [7, 11) is 0. The minimum absolute atomic E-state index is 0.219. The van der Waals surface area contributed by atoms with Gasteiger partial charge in [0, 0.05) is 18.7 Å². The highest BCUT2D eigenvalue weighted by molar-refractivity contribution is 5.95. The summed E-state index contributed by atoms with van der Waals surface area (Å²) < 4.78 is 5.52. The van der Waals surface area contributed by atoms with Crippen LogP contribution in [0.25, 0.3) is 16.8 Å². The summed E-state index contributed by atoms with van der Waals surface area (Å²) in [6.45, 7) is 3.01. The summed E-state index contributed by atoms with van der Waals surface area (Å²) in [6, 6.07) is 23.0. The number of carbonyl (C=O) groups is 1. The van der Waals surface area contributed by atoms with Crippen molar-refractivity contribution in [2.24, 2.45) is 4.99 Å². The maximum atomic E-state index is 12.8. The summed E-state index contributed by atoms with van der Waals surface area (Å²) in [4.78, 5) is 19.2. The lowest BCUT2D eigenvalue weighted by Gasteiger charge is -2.28. The fourth-order valence-corrected chi connectivity index (χ4v) is 4.29. The lowest BCUT2D eigenvalue weighted by molar-refractivity contribution is -0.130. The van der Waals surface area contributed by atoms with Gasteiger partial charge in [0.1, 0.15) is 6.61 Å². The fraction of sp³-hybridized carbons (Fsp3) is 0.259. The monoisotopic (exact) mass is 410 g/mol. The molecule has 1 amide bonds. The van der Waals surface area contributed by atoms with Crippen molar-refractivity contribution in [3.63, 3.8) is 0 Å². The van der Waals surface area contributed by atoms with Crippen molar-refractivity contribution in [2.75, 3.05) is 26.2 Å².